The number of aromatic nitrogens is 4. The molecule has 0 aliphatic heterocycles. The second-order valence-electron chi connectivity index (χ2n) is 7.90. The Morgan fingerprint density at radius 1 is 0.941 bits per heavy atom. The minimum absolute atomic E-state index is 0.0843. The van der Waals surface area contributed by atoms with Gasteiger partial charge in [-0.2, -0.15) is 10.1 Å². The Hall–Kier alpha value is -4.52. The molecule has 0 bridgehead atoms. The van der Waals surface area contributed by atoms with Crippen LogP contribution in [-0.4, -0.2) is 25.9 Å². The van der Waals surface area contributed by atoms with Gasteiger partial charge in [0, 0.05) is 17.3 Å². The Morgan fingerprint density at radius 2 is 1.71 bits per heavy atom. The van der Waals surface area contributed by atoms with Crippen molar-refractivity contribution < 1.29 is 14.4 Å². The van der Waals surface area contributed by atoms with E-state index in [2.05, 4.69) is 46.4 Å². The Bertz CT molecular complexity index is 1440. The van der Waals surface area contributed by atoms with Gasteiger partial charge in [-0.15, -0.1) is 0 Å². The van der Waals surface area contributed by atoms with Gasteiger partial charge in [0.15, 0.2) is 0 Å². The fourth-order valence-corrected chi connectivity index (χ4v) is 3.88. The van der Waals surface area contributed by atoms with E-state index < -0.39 is 5.97 Å². The molecule has 0 aliphatic carbocycles. The molecule has 0 unspecified atom stereocenters. The first-order valence-corrected chi connectivity index (χ1v) is 11.0. The van der Waals surface area contributed by atoms with E-state index in [1.54, 1.807) is 10.9 Å². The van der Waals surface area contributed by atoms with Crippen LogP contribution in [0.25, 0.3) is 34.0 Å². The molecule has 2 heterocycles. The van der Waals surface area contributed by atoms with E-state index in [1.165, 1.54) is 22.8 Å². The highest BCUT2D eigenvalue weighted by Crippen LogP contribution is 2.30. The smallest absolute Gasteiger partial charge is 0.258 e. The average Bonchev–Trinajstić information content (AvgIpc) is 3.55. The van der Waals surface area contributed by atoms with Crippen molar-refractivity contribution >= 4 is 5.97 Å². The SMILES string of the molecule is CCc1cc(-c2nc(-c3ccc(Cn4ccc(C(=O)[O-])n4)cc3)no2)ccc1-c1ccccc1. The maximum absolute atomic E-state index is 10.9. The van der Waals surface area contributed by atoms with Gasteiger partial charge >= 0.3 is 0 Å². The second kappa shape index (κ2) is 9.15. The van der Waals surface area contributed by atoms with E-state index in [-0.39, 0.29) is 5.69 Å². The molecule has 0 fully saturated rings. The molecule has 7 nitrogen and oxygen atoms in total. The minimum Gasteiger partial charge on any atom is -0.543 e. The van der Waals surface area contributed by atoms with Crippen LogP contribution < -0.4 is 5.11 Å². The maximum atomic E-state index is 10.9. The number of benzene rings is 3. The van der Waals surface area contributed by atoms with Crippen LogP contribution in [-0.2, 0) is 13.0 Å². The van der Waals surface area contributed by atoms with Gasteiger partial charge in [-0.1, -0.05) is 72.7 Å². The molecule has 0 aliphatic rings. The molecule has 0 saturated carbocycles. The van der Waals surface area contributed by atoms with Crippen molar-refractivity contribution in [3.8, 4) is 34.0 Å². The van der Waals surface area contributed by atoms with Gasteiger partial charge in [0.1, 0.15) is 5.69 Å². The van der Waals surface area contributed by atoms with Crippen LogP contribution in [0.15, 0.2) is 89.6 Å². The van der Waals surface area contributed by atoms with Gasteiger partial charge in [-0.05, 0) is 46.9 Å². The lowest BCUT2D eigenvalue weighted by molar-refractivity contribution is -0.255. The van der Waals surface area contributed by atoms with E-state index in [1.807, 2.05) is 48.5 Å². The van der Waals surface area contributed by atoms with Crippen molar-refractivity contribution in [1.29, 1.82) is 0 Å². The van der Waals surface area contributed by atoms with Crippen LogP contribution in [0.4, 0.5) is 0 Å². The highest BCUT2D eigenvalue weighted by atomic mass is 16.5. The van der Waals surface area contributed by atoms with Crippen LogP contribution in [0.1, 0.15) is 28.5 Å². The first-order chi connectivity index (χ1) is 16.6. The van der Waals surface area contributed by atoms with Crippen LogP contribution in [0.2, 0.25) is 0 Å². The van der Waals surface area contributed by atoms with E-state index in [9.17, 15) is 9.90 Å². The first-order valence-electron chi connectivity index (χ1n) is 11.0. The monoisotopic (exact) mass is 449 g/mol. The largest absolute Gasteiger partial charge is 0.543 e. The second-order valence-corrected chi connectivity index (χ2v) is 7.90. The molecule has 0 saturated heterocycles. The summed E-state index contributed by atoms with van der Waals surface area (Å²) < 4.78 is 7.12. The number of aromatic carboxylic acids is 1. The molecule has 7 heteroatoms. The Balaban J connectivity index is 1.35. The number of hydrogen-bond acceptors (Lipinski definition) is 6. The fraction of sp³-hybridized carbons (Fsp3) is 0.111. The van der Waals surface area contributed by atoms with E-state index in [0.717, 1.165) is 23.1 Å². The topological polar surface area (TPSA) is 96.9 Å². The third kappa shape index (κ3) is 4.36. The molecular formula is C27H21N4O3-. The molecule has 0 spiro atoms. The number of carbonyl (C=O) groups is 1. The number of rotatable bonds is 7. The van der Waals surface area contributed by atoms with Crippen LogP contribution in [0.5, 0.6) is 0 Å². The van der Waals surface area contributed by atoms with E-state index in [0.29, 0.717) is 18.3 Å². The summed E-state index contributed by atoms with van der Waals surface area (Å²) in [6, 6.07) is 25.6. The summed E-state index contributed by atoms with van der Waals surface area (Å²) in [6.45, 7) is 2.58. The summed E-state index contributed by atoms with van der Waals surface area (Å²) >= 11 is 0. The predicted octanol–water partition coefficient (Wildman–Crippen LogP) is 4.24. The molecule has 0 atom stereocenters. The normalized spacial score (nSPS) is 11.0. The molecule has 0 radical (unpaired) electrons. The number of carboxylic acid groups (broad SMARTS) is 1. The van der Waals surface area contributed by atoms with Gasteiger partial charge in [0.05, 0.1) is 12.5 Å². The fourth-order valence-electron chi connectivity index (χ4n) is 3.88. The van der Waals surface area contributed by atoms with Crippen LogP contribution in [0.3, 0.4) is 0 Å². The summed E-state index contributed by atoms with van der Waals surface area (Å²) in [6.07, 6.45) is 2.50. The first kappa shape index (κ1) is 21.3. The number of carbonyl (C=O) groups excluding carboxylic acids is 1. The summed E-state index contributed by atoms with van der Waals surface area (Å²) in [5, 5.41) is 19.0. The van der Waals surface area contributed by atoms with Gasteiger partial charge < -0.3 is 14.4 Å². The molecule has 3 aromatic carbocycles. The zero-order valence-corrected chi connectivity index (χ0v) is 18.5. The van der Waals surface area contributed by atoms with Crippen molar-refractivity contribution in [1.82, 2.24) is 19.9 Å². The molecular weight excluding hydrogens is 428 g/mol. The van der Waals surface area contributed by atoms with Gasteiger partial charge in [-0.25, -0.2) is 0 Å². The lowest BCUT2D eigenvalue weighted by Gasteiger charge is -2.09. The standard InChI is InChI=1S/C27H22N4O3/c1-2-19-16-22(12-13-23(19)20-6-4-3-5-7-20)26-28-25(30-34-26)21-10-8-18(9-11-21)17-31-15-14-24(29-31)27(32)33/h3-16H,2,17H2,1H3,(H,32,33)/p-1. The Kier molecular flexibility index (Phi) is 5.74. The maximum Gasteiger partial charge on any atom is 0.258 e. The van der Waals surface area contributed by atoms with Crippen LogP contribution >= 0.6 is 0 Å². The zero-order chi connectivity index (χ0) is 23.5. The van der Waals surface area contributed by atoms with Crippen LogP contribution in [0, 0.1) is 0 Å². The summed E-state index contributed by atoms with van der Waals surface area (Å²) in [7, 11) is 0. The highest BCUT2D eigenvalue weighted by molar-refractivity contribution is 5.83. The Labute approximate surface area is 196 Å². The number of nitrogens with zero attached hydrogens (tertiary/aromatic N) is 4. The third-order valence-corrected chi connectivity index (χ3v) is 5.65. The highest BCUT2D eigenvalue weighted by Gasteiger charge is 2.13. The molecule has 5 rings (SSSR count). The minimum atomic E-state index is -1.29. The number of aryl methyl sites for hydroxylation is 1. The lowest BCUT2D eigenvalue weighted by Crippen LogP contribution is -2.23. The number of hydrogen-bond donors (Lipinski definition) is 0. The van der Waals surface area contributed by atoms with Crippen molar-refractivity contribution in [3.63, 3.8) is 0 Å². The van der Waals surface area contributed by atoms with Gasteiger partial charge in [0.25, 0.3) is 5.89 Å². The van der Waals surface area contributed by atoms with E-state index in [4.69, 9.17) is 4.52 Å². The number of carboxylic acids is 1. The van der Waals surface area contributed by atoms with Crippen molar-refractivity contribution in [2.24, 2.45) is 0 Å². The lowest BCUT2D eigenvalue weighted by atomic mass is 9.96. The molecule has 2 aromatic heterocycles. The molecule has 5 aromatic rings. The average molecular weight is 449 g/mol. The van der Waals surface area contributed by atoms with Gasteiger partial charge in [-0.3, -0.25) is 4.68 Å². The quantitative estimate of drug-likeness (QED) is 0.369. The molecule has 34 heavy (non-hydrogen) atoms. The molecule has 0 N–H and O–H groups in total. The zero-order valence-electron chi connectivity index (χ0n) is 18.5. The van der Waals surface area contributed by atoms with Crippen molar-refractivity contribution in [2.75, 3.05) is 0 Å². The van der Waals surface area contributed by atoms with Crippen molar-refractivity contribution in [2.45, 2.75) is 19.9 Å². The van der Waals surface area contributed by atoms with E-state index >= 15 is 0 Å². The van der Waals surface area contributed by atoms with Crippen molar-refractivity contribution in [3.05, 3.63) is 102 Å². The summed E-state index contributed by atoms with van der Waals surface area (Å²) in [4.78, 5) is 15.5. The molecule has 0 amide bonds. The predicted molar refractivity (Wildman–Crippen MR) is 126 cm³/mol. The summed E-state index contributed by atoms with van der Waals surface area (Å²) in [5.41, 5.74) is 6.19. The van der Waals surface area contributed by atoms with Gasteiger partial charge in [0.2, 0.25) is 5.82 Å². The molecule has 168 valence electrons. The summed E-state index contributed by atoms with van der Waals surface area (Å²) in [5.74, 6) is -0.312. The third-order valence-electron chi connectivity index (χ3n) is 5.65. The Morgan fingerprint density at radius 3 is 2.41 bits per heavy atom.